The number of fused-ring (bicyclic) bond motifs is 1. The molecular weight excluding hydrogens is 306 g/mol. The number of carbonyl (C=O) groups excluding carboxylic acids is 1. The third kappa shape index (κ3) is 2.33. The molecular formula is C14H14ClN5O2. The number of ether oxygens (including phenoxy) is 1. The Balaban J connectivity index is 1.98. The molecule has 22 heavy (non-hydrogen) atoms. The Morgan fingerprint density at radius 3 is 2.95 bits per heavy atom. The van der Waals surface area contributed by atoms with Crippen LogP contribution >= 0.6 is 11.6 Å². The van der Waals surface area contributed by atoms with E-state index < -0.39 is 0 Å². The molecule has 0 spiro atoms. The van der Waals surface area contributed by atoms with E-state index in [1.54, 1.807) is 24.3 Å². The molecule has 0 saturated carbocycles. The largest absolute Gasteiger partial charge is 0.496 e. The van der Waals surface area contributed by atoms with Crippen LogP contribution in [0.1, 0.15) is 21.6 Å². The van der Waals surface area contributed by atoms with Crippen LogP contribution in [0.5, 0.6) is 5.75 Å². The quantitative estimate of drug-likeness (QED) is 0.859. The van der Waals surface area contributed by atoms with Crippen LogP contribution in [-0.2, 0) is 6.54 Å². The molecule has 0 radical (unpaired) electrons. The molecule has 3 rings (SSSR count). The second-order valence-corrected chi connectivity index (χ2v) is 5.29. The lowest BCUT2D eigenvalue weighted by atomic mass is 10.2. The highest BCUT2D eigenvalue weighted by atomic mass is 35.5. The Kier molecular flexibility index (Phi) is 3.58. The van der Waals surface area contributed by atoms with Gasteiger partial charge in [0.2, 0.25) is 5.95 Å². The number of methoxy groups -OCH3 is 1. The molecule has 0 amide bonds. The van der Waals surface area contributed by atoms with E-state index in [9.17, 15) is 4.79 Å². The van der Waals surface area contributed by atoms with Crippen molar-refractivity contribution in [3.8, 4) is 5.75 Å². The number of hydrogen-bond acceptors (Lipinski definition) is 7. The average molecular weight is 320 g/mol. The third-order valence-electron chi connectivity index (χ3n) is 3.60. The van der Waals surface area contributed by atoms with E-state index in [1.165, 1.54) is 0 Å². The monoisotopic (exact) mass is 319 g/mol. The first-order valence-electron chi connectivity index (χ1n) is 6.61. The number of aromatic nitrogens is 3. The maximum atomic E-state index is 12.1. The number of nitrogen functional groups attached to an aromatic ring is 1. The summed E-state index contributed by atoms with van der Waals surface area (Å²) in [5, 5.41) is 0.0883. The van der Waals surface area contributed by atoms with Crippen molar-refractivity contribution in [1.29, 1.82) is 0 Å². The van der Waals surface area contributed by atoms with E-state index >= 15 is 0 Å². The van der Waals surface area contributed by atoms with Crippen molar-refractivity contribution in [3.05, 3.63) is 34.2 Å². The molecule has 2 aromatic rings. The molecule has 0 aromatic carbocycles. The first-order chi connectivity index (χ1) is 10.5. The summed E-state index contributed by atoms with van der Waals surface area (Å²) in [5.74, 6) is 1.11. The van der Waals surface area contributed by atoms with Gasteiger partial charge >= 0.3 is 0 Å². The van der Waals surface area contributed by atoms with Gasteiger partial charge in [-0.2, -0.15) is 4.98 Å². The summed E-state index contributed by atoms with van der Waals surface area (Å²) in [7, 11) is 1.61. The van der Waals surface area contributed by atoms with Crippen LogP contribution in [0.2, 0.25) is 5.15 Å². The molecule has 0 bridgehead atoms. The molecule has 1 aliphatic rings. The molecule has 2 aromatic heterocycles. The Bertz CT molecular complexity index is 765. The number of ketones is 1. The molecule has 0 aliphatic carbocycles. The summed E-state index contributed by atoms with van der Waals surface area (Å²) in [6.45, 7) is 2.50. The normalized spacial score (nSPS) is 13.4. The number of carbonyl (C=O) groups is 1. The van der Waals surface area contributed by atoms with Crippen LogP contribution in [0.15, 0.2) is 12.3 Å². The van der Waals surface area contributed by atoms with Crippen molar-refractivity contribution in [1.82, 2.24) is 15.0 Å². The number of pyridine rings is 1. The molecule has 0 fully saturated rings. The minimum atomic E-state index is -0.124. The van der Waals surface area contributed by atoms with Gasteiger partial charge in [-0.3, -0.25) is 9.78 Å². The number of Topliss-reactive ketones (excluding diaryl/α,β-unsaturated/α-hetero) is 1. The maximum absolute atomic E-state index is 12.1. The van der Waals surface area contributed by atoms with Gasteiger partial charge in [0.1, 0.15) is 16.7 Å². The van der Waals surface area contributed by atoms with Crippen LogP contribution in [-0.4, -0.2) is 34.4 Å². The van der Waals surface area contributed by atoms with Gasteiger partial charge in [0.25, 0.3) is 0 Å². The number of halogens is 1. The first kappa shape index (κ1) is 14.5. The second kappa shape index (κ2) is 5.42. The van der Waals surface area contributed by atoms with E-state index in [0.29, 0.717) is 17.9 Å². The van der Waals surface area contributed by atoms with Crippen LogP contribution in [0.4, 0.5) is 11.8 Å². The standard InChI is InChI=1S/C14H14ClN5O2/c1-7-8(17-4-3-10(7)22-2)5-20-6-9(21)11-12(15)18-14(16)19-13(11)20/h3-4H,5-6H2,1-2H3,(H2,16,18,19). The lowest BCUT2D eigenvalue weighted by Crippen LogP contribution is -2.24. The Morgan fingerprint density at radius 1 is 1.45 bits per heavy atom. The van der Waals surface area contributed by atoms with Gasteiger partial charge in [-0.05, 0) is 13.0 Å². The zero-order chi connectivity index (χ0) is 15.9. The minimum Gasteiger partial charge on any atom is -0.496 e. The van der Waals surface area contributed by atoms with Gasteiger partial charge in [0.05, 0.1) is 31.5 Å². The molecule has 1 aliphatic heterocycles. The highest BCUT2D eigenvalue weighted by Crippen LogP contribution is 2.33. The molecule has 0 saturated heterocycles. The van der Waals surface area contributed by atoms with Crippen molar-refractivity contribution in [3.63, 3.8) is 0 Å². The summed E-state index contributed by atoms with van der Waals surface area (Å²) in [4.78, 5) is 26.2. The molecule has 7 nitrogen and oxygen atoms in total. The lowest BCUT2D eigenvalue weighted by Gasteiger charge is -2.18. The average Bonchev–Trinajstić information content (AvgIpc) is 2.77. The van der Waals surface area contributed by atoms with Crippen LogP contribution in [0.3, 0.4) is 0 Å². The van der Waals surface area contributed by atoms with Crippen molar-refractivity contribution < 1.29 is 9.53 Å². The number of anilines is 2. The summed E-state index contributed by atoms with van der Waals surface area (Å²) >= 11 is 6.00. The van der Waals surface area contributed by atoms with Crippen molar-refractivity contribution in [2.75, 3.05) is 24.3 Å². The number of hydrogen-bond donors (Lipinski definition) is 1. The van der Waals surface area contributed by atoms with Gasteiger partial charge < -0.3 is 15.4 Å². The van der Waals surface area contributed by atoms with Crippen molar-refractivity contribution >= 4 is 29.2 Å². The Morgan fingerprint density at radius 2 is 2.23 bits per heavy atom. The summed E-state index contributed by atoms with van der Waals surface area (Å²) in [5.41, 5.74) is 7.66. The SMILES string of the molecule is COc1ccnc(CN2CC(=O)c3c(Cl)nc(N)nc32)c1C. The highest BCUT2D eigenvalue weighted by molar-refractivity contribution is 6.34. The number of rotatable bonds is 3. The summed E-state index contributed by atoms with van der Waals surface area (Å²) in [6, 6.07) is 1.79. The van der Waals surface area contributed by atoms with Crippen molar-refractivity contribution in [2.24, 2.45) is 0 Å². The summed E-state index contributed by atoms with van der Waals surface area (Å²) in [6.07, 6.45) is 1.67. The smallest absolute Gasteiger partial charge is 0.223 e. The topological polar surface area (TPSA) is 94.2 Å². The molecule has 3 heterocycles. The fourth-order valence-corrected chi connectivity index (χ4v) is 2.76. The number of nitrogens with two attached hydrogens (primary N) is 1. The van der Waals surface area contributed by atoms with Crippen LogP contribution in [0.25, 0.3) is 0 Å². The zero-order valence-corrected chi connectivity index (χ0v) is 12.9. The highest BCUT2D eigenvalue weighted by Gasteiger charge is 2.32. The predicted octanol–water partition coefficient (Wildman–Crippen LogP) is 1.63. The van der Waals surface area contributed by atoms with Gasteiger partial charge in [-0.1, -0.05) is 11.6 Å². The zero-order valence-electron chi connectivity index (χ0n) is 12.1. The van der Waals surface area contributed by atoms with E-state index in [-0.39, 0.29) is 23.4 Å². The Hall–Kier alpha value is -2.41. The van der Waals surface area contributed by atoms with Gasteiger partial charge in [-0.15, -0.1) is 0 Å². The molecule has 8 heteroatoms. The fraction of sp³-hybridized carbons (Fsp3) is 0.286. The van der Waals surface area contributed by atoms with E-state index in [4.69, 9.17) is 22.1 Å². The first-order valence-corrected chi connectivity index (χ1v) is 6.98. The van der Waals surface area contributed by atoms with Crippen molar-refractivity contribution in [2.45, 2.75) is 13.5 Å². The van der Waals surface area contributed by atoms with Gasteiger partial charge in [-0.25, -0.2) is 4.98 Å². The Labute approximate surface area is 132 Å². The fourth-order valence-electron chi connectivity index (χ4n) is 2.49. The predicted molar refractivity (Wildman–Crippen MR) is 82.4 cm³/mol. The minimum absolute atomic E-state index is 0.0405. The molecule has 0 atom stereocenters. The maximum Gasteiger partial charge on any atom is 0.223 e. The van der Waals surface area contributed by atoms with E-state index in [2.05, 4.69) is 15.0 Å². The van der Waals surface area contributed by atoms with E-state index in [0.717, 1.165) is 17.0 Å². The van der Waals surface area contributed by atoms with E-state index in [1.807, 2.05) is 6.92 Å². The van der Waals surface area contributed by atoms with Crippen LogP contribution in [0, 0.1) is 6.92 Å². The molecule has 0 unspecified atom stereocenters. The summed E-state index contributed by atoms with van der Waals surface area (Å²) < 4.78 is 5.29. The second-order valence-electron chi connectivity index (χ2n) is 4.94. The number of nitrogens with zero attached hydrogens (tertiary/aromatic N) is 4. The van der Waals surface area contributed by atoms with Gasteiger partial charge in [0, 0.05) is 11.8 Å². The van der Waals surface area contributed by atoms with Gasteiger partial charge in [0.15, 0.2) is 5.78 Å². The third-order valence-corrected chi connectivity index (χ3v) is 3.87. The molecule has 114 valence electrons. The molecule has 2 N–H and O–H groups in total. The lowest BCUT2D eigenvalue weighted by molar-refractivity contribution is 0.101. The van der Waals surface area contributed by atoms with Crippen LogP contribution < -0.4 is 15.4 Å².